The molecule has 1 atom stereocenters. The van der Waals surface area contributed by atoms with Gasteiger partial charge in [0.1, 0.15) is 5.82 Å². The Bertz CT molecular complexity index is 537. The molecule has 100 valence electrons. The van der Waals surface area contributed by atoms with Gasteiger partial charge >= 0.3 is 0 Å². The average Bonchev–Trinajstić information content (AvgIpc) is 2.46. The number of anilines is 2. The molecule has 0 saturated carbocycles. The Morgan fingerprint density at radius 2 is 1.68 bits per heavy atom. The summed E-state index contributed by atoms with van der Waals surface area (Å²) < 4.78 is 13.0. The number of hydrogen-bond donors (Lipinski definition) is 1. The minimum atomic E-state index is -0.214. The van der Waals surface area contributed by atoms with E-state index in [2.05, 4.69) is 29.3 Å². The van der Waals surface area contributed by atoms with Crippen LogP contribution in [0.4, 0.5) is 15.8 Å². The van der Waals surface area contributed by atoms with Crippen LogP contribution in [0, 0.1) is 5.82 Å². The van der Waals surface area contributed by atoms with Gasteiger partial charge < -0.3 is 10.2 Å². The first-order chi connectivity index (χ1) is 9.13. The van der Waals surface area contributed by atoms with E-state index in [1.54, 1.807) is 12.1 Å². The van der Waals surface area contributed by atoms with E-state index in [1.165, 1.54) is 17.7 Å². The van der Waals surface area contributed by atoms with Crippen molar-refractivity contribution < 1.29 is 4.39 Å². The molecule has 0 fully saturated rings. The summed E-state index contributed by atoms with van der Waals surface area (Å²) in [4.78, 5) is 2.07. The molecular weight excluding hydrogens is 239 g/mol. The Balaban J connectivity index is 2.38. The van der Waals surface area contributed by atoms with E-state index in [1.807, 2.05) is 26.2 Å². The highest BCUT2D eigenvalue weighted by Crippen LogP contribution is 2.30. The molecular formula is C16H19FN2. The zero-order valence-electron chi connectivity index (χ0n) is 11.5. The summed E-state index contributed by atoms with van der Waals surface area (Å²) in [5.41, 5.74) is 3.31. The lowest BCUT2D eigenvalue weighted by Crippen LogP contribution is -2.18. The zero-order valence-corrected chi connectivity index (χ0v) is 11.5. The quantitative estimate of drug-likeness (QED) is 0.895. The van der Waals surface area contributed by atoms with E-state index < -0.39 is 0 Å². The van der Waals surface area contributed by atoms with Gasteiger partial charge in [-0.3, -0.25) is 0 Å². The highest BCUT2D eigenvalue weighted by atomic mass is 19.1. The van der Waals surface area contributed by atoms with Gasteiger partial charge in [0.25, 0.3) is 0 Å². The van der Waals surface area contributed by atoms with Crippen molar-refractivity contribution in [1.29, 1.82) is 0 Å². The zero-order chi connectivity index (χ0) is 13.8. The normalized spacial score (nSPS) is 12.2. The summed E-state index contributed by atoms with van der Waals surface area (Å²) in [6, 6.07) is 15.0. The topological polar surface area (TPSA) is 15.3 Å². The highest BCUT2D eigenvalue weighted by Gasteiger charge is 2.12. The first-order valence-corrected chi connectivity index (χ1v) is 6.39. The number of rotatable bonds is 4. The predicted molar refractivity (Wildman–Crippen MR) is 78.4 cm³/mol. The SMILES string of the molecule is CNC(C)c1ccccc1N(C)c1ccc(F)cc1. The molecule has 0 aromatic heterocycles. The lowest BCUT2D eigenvalue weighted by molar-refractivity contribution is 0.628. The third kappa shape index (κ3) is 2.93. The average molecular weight is 258 g/mol. The van der Waals surface area contributed by atoms with Crippen LogP contribution in [0.5, 0.6) is 0 Å². The van der Waals surface area contributed by atoms with E-state index in [4.69, 9.17) is 0 Å². The van der Waals surface area contributed by atoms with E-state index in [9.17, 15) is 4.39 Å². The van der Waals surface area contributed by atoms with Gasteiger partial charge in [-0.05, 0) is 49.9 Å². The highest BCUT2D eigenvalue weighted by molar-refractivity contribution is 5.66. The van der Waals surface area contributed by atoms with E-state index in [-0.39, 0.29) is 11.9 Å². The van der Waals surface area contributed by atoms with Crippen molar-refractivity contribution in [1.82, 2.24) is 5.32 Å². The van der Waals surface area contributed by atoms with Gasteiger partial charge in [0.15, 0.2) is 0 Å². The molecule has 2 nitrogen and oxygen atoms in total. The van der Waals surface area contributed by atoms with Gasteiger partial charge in [-0.25, -0.2) is 4.39 Å². The smallest absolute Gasteiger partial charge is 0.123 e. The molecule has 0 amide bonds. The molecule has 1 N–H and O–H groups in total. The number of nitrogens with one attached hydrogen (secondary N) is 1. The van der Waals surface area contributed by atoms with Crippen molar-refractivity contribution in [3.05, 3.63) is 59.9 Å². The maximum atomic E-state index is 13.0. The number of para-hydroxylation sites is 1. The molecule has 0 saturated heterocycles. The molecule has 0 spiro atoms. The number of hydrogen-bond acceptors (Lipinski definition) is 2. The number of halogens is 1. The fraction of sp³-hybridized carbons (Fsp3) is 0.250. The third-order valence-electron chi connectivity index (χ3n) is 3.41. The predicted octanol–water partition coefficient (Wildman–Crippen LogP) is 3.87. The second kappa shape index (κ2) is 5.85. The van der Waals surface area contributed by atoms with Crippen LogP contribution in [0.15, 0.2) is 48.5 Å². The molecule has 2 aromatic rings. The summed E-state index contributed by atoms with van der Waals surface area (Å²) in [5.74, 6) is -0.214. The van der Waals surface area contributed by atoms with Crippen molar-refractivity contribution >= 4 is 11.4 Å². The second-order valence-corrected chi connectivity index (χ2v) is 4.60. The maximum Gasteiger partial charge on any atom is 0.123 e. The Morgan fingerprint density at radius 3 is 2.32 bits per heavy atom. The first kappa shape index (κ1) is 13.6. The number of nitrogens with zero attached hydrogens (tertiary/aromatic N) is 1. The fourth-order valence-corrected chi connectivity index (χ4v) is 2.12. The fourth-order valence-electron chi connectivity index (χ4n) is 2.12. The molecule has 3 heteroatoms. The third-order valence-corrected chi connectivity index (χ3v) is 3.41. The first-order valence-electron chi connectivity index (χ1n) is 6.39. The number of benzene rings is 2. The van der Waals surface area contributed by atoms with Crippen LogP contribution in [-0.4, -0.2) is 14.1 Å². The minimum Gasteiger partial charge on any atom is -0.344 e. The summed E-state index contributed by atoms with van der Waals surface area (Å²) in [6.45, 7) is 2.12. The lowest BCUT2D eigenvalue weighted by atomic mass is 10.1. The minimum absolute atomic E-state index is 0.214. The summed E-state index contributed by atoms with van der Waals surface area (Å²) in [6.07, 6.45) is 0. The van der Waals surface area contributed by atoms with E-state index >= 15 is 0 Å². The molecule has 19 heavy (non-hydrogen) atoms. The van der Waals surface area contributed by atoms with Gasteiger partial charge in [0.05, 0.1) is 0 Å². The Hall–Kier alpha value is -1.87. The molecule has 0 heterocycles. The second-order valence-electron chi connectivity index (χ2n) is 4.60. The van der Waals surface area contributed by atoms with Gasteiger partial charge in [-0.2, -0.15) is 0 Å². The Morgan fingerprint density at radius 1 is 1.05 bits per heavy atom. The van der Waals surface area contributed by atoms with Crippen molar-refractivity contribution in [2.45, 2.75) is 13.0 Å². The van der Waals surface area contributed by atoms with Crippen LogP contribution < -0.4 is 10.2 Å². The molecule has 2 aromatic carbocycles. The molecule has 0 bridgehead atoms. The van der Waals surface area contributed by atoms with Gasteiger partial charge in [0, 0.05) is 24.5 Å². The van der Waals surface area contributed by atoms with E-state index in [0.29, 0.717) is 0 Å². The largest absolute Gasteiger partial charge is 0.344 e. The van der Waals surface area contributed by atoms with Crippen molar-refractivity contribution in [2.75, 3.05) is 19.0 Å². The molecule has 0 aliphatic rings. The van der Waals surface area contributed by atoms with Crippen LogP contribution in [0.25, 0.3) is 0 Å². The van der Waals surface area contributed by atoms with Crippen molar-refractivity contribution in [3.8, 4) is 0 Å². The summed E-state index contributed by atoms with van der Waals surface area (Å²) in [5, 5.41) is 3.25. The summed E-state index contributed by atoms with van der Waals surface area (Å²) in [7, 11) is 3.94. The van der Waals surface area contributed by atoms with Crippen LogP contribution in [-0.2, 0) is 0 Å². The van der Waals surface area contributed by atoms with Crippen LogP contribution in [0.3, 0.4) is 0 Å². The standard InChI is InChI=1S/C16H19FN2/c1-12(18-2)15-6-4-5-7-16(15)19(3)14-10-8-13(17)9-11-14/h4-12,18H,1-3H3. The maximum absolute atomic E-state index is 13.0. The van der Waals surface area contributed by atoms with Crippen LogP contribution >= 0.6 is 0 Å². The van der Waals surface area contributed by atoms with Gasteiger partial charge in [-0.1, -0.05) is 18.2 Å². The molecule has 1 unspecified atom stereocenters. The summed E-state index contributed by atoms with van der Waals surface area (Å²) >= 11 is 0. The molecule has 0 aliphatic heterocycles. The molecule has 0 radical (unpaired) electrons. The Labute approximate surface area is 113 Å². The van der Waals surface area contributed by atoms with Crippen molar-refractivity contribution in [2.24, 2.45) is 0 Å². The van der Waals surface area contributed by atoms with Crippen LogP contribution in [0.1, 0.15) is 18.5 Å². The molecule has 2 rings (SSSR count). The molecule has 0 aliphatic carbocycles. The van der Waals surface area contributed by atoms with Crippen LogP contribution in [0.2, 0.25) is 0 Å². The van der Waals surface area contributed by atoms with Crippen molar-refractivity contribution in [3.63, 3.8) is 0 Å². The monoisotopic (exact) mass is 258 g/mol. The lowest BCUT2D eigenvalue weighted by Gasteiger charge is -2.25. The van der Waals surface area contributed by atoms with Gasteiger partial charge in [0.2, 0.25) is 0 Å². The Kier molecular flexibility index (Phi) is 4.17. The van der Waals surface area contributed by atoms with Gasteiger partial charge in [-0.15, -0.1) is 0 Å². The van der Waals surface area contributed by atoms with E-state index in [0.717, 1.165) is 11.4 Å².